The number of nitrogens with zero attached hydrogens (tertiary/aromatic N) is 2. The van der Waals surface area contributed by atoms with Gasteiger partial charge in [0.05, 0.1) is 18.2 Å². The number of amides is 1. The number of aromatic nitrogens is 1. The zero-order chi connectivity index (χ0) is 26.6. The summed E-state index contributed by atoms with van der Waals surface area (Å²) >= 11 is 0. The summed E-state index contributed by atoms with van der Waals surface area (Å²) in [6.07, 6.45) is 7.19. The van der Waals surface area contributed by atoms with E-state index < -0.39 is 17.7 Å². The fraction of sp³-hybridized carbons (Fsp3) is 0.323. The second kappa shape index (κ2) is 11.1. The van der Waals surface area contributed by atoms with E-state index in [4.69, 9.17) is 9.47 Å². The van der Waals surface area contributed by atoms with Crippen molar-refractivity contribution in [1.29, 1.82) is 0 Å². The van der Waals surface area contributed by atoms with E-state index in [9.17, 15) is 14.7 Å². The van der Waals surface area contributed by atoms with Crippen molar-refractivity contribution in [2.75, 3.05) is 6.61 Å². The first-order chi connectivity index (χ1) is 18.5. The van der Waals surface area contributed by atoms with Crippen LogP contribution >= 0.6 is 0 Å². The molecule has 1 aromatic heterocycles. The average molecular weight is 513 g/mol. The molecule has 0 bridgehead atoms. The van der Waals surface area contributed by atoms with Crippen molar-refractivity contribution in [3.05, 3.63) is 94.8 Å². The summed E-state index contributed by atoms with van der Waals surface area (Å²) in [5.41, 5.74) is 3.06. The standard InChI is InChI=1S/C31H32N2O5/c1-3-4-5-15-37-25-8-6-7-22(18-25)28-27(29(34)23-9-10-26-24(17-23)16-20(2)38-26)30(35)31(36)33(28)19-21-11-13-32-14-12-21/h6-14,17-18,20,28,34H,3-5,15-16,19H2,1-2H3/t20-,28+/m1/s1. The molecule has 2 atom stereocenters. The van der Waals surface area contributed by atoms with Crippen LogP contribution in [0.25, 0.3) is 5.76 Å². The van der Waals surface area contributed by atoms with E-state index in [2.05, 4.69) is 11.9 Å². The maximum absolute atomic E-state index is 13.4. The van der Waals surface area contributed by atoms with Gasteiger partial charge < -0.3 is 19.5 Å². The number of fused-ring (bicyclic) bond motifs is 1. The highest BCUT2D eigenvalue weighted by Crippen LogP contribution is 2.42. The van der Waals surface area contributed by atoms with Crippen LogP contribution in [0.15, 0.2) is 72.6 Å². The molecule has 3 heterocycles. The number of carbonyl (C=O) groups is 2. The second-order valence-corrected chi connectivity index (χ2v) is 9.87. The summed E-state index contributed by atoms with van der Waals surface area (Å²) in [5, 5.41) is 11.5. The molecule has 7 heteroatoms. The molecule has 1 fully saturated rings. The van der Waals surface area contributed by atoms with Crippen molar-refractivity contribution in [3.63, 3.8) is 0 Å². The number of likely N-dealkylation sites (tertiary alicyclic amines) is 1. The fourth-order valence-corrected chi connectivity index (χ4v) is 5.12. The van der Waals surface area contributed by atoms with E-state index in [1.165, 1.54) is 4.90 Å². The zero-order valence-electron chi connectivity index (χ0n) is 21.7. The van der Waals surface area contributed by atoms with Gasteiger partial charge in [-0.1, -0.05) is 31.9 Å². The van der Waals surface area contributed by atoms with Crippen LogP contribution in [-0.4, -0.2) is 39.4 Å². The lowest BCUT2D eigenvalue weighted by molar-refractivity contribution is -0.140. The lowest BCUT2D eigenvalue weighted by Gasteiger charge is -2.26. The topological polar surface area (TPSA) is 89.0 Å². The molecule has 0 aliphatic carbocycles. The van der Waals surface area contributed by atoms with Crippen LogP contribution in [-0.2, 0) is 22.6 Å². The number of rotatable bonds is 9. The van der Waals surface area contributed by atoms with Gasteiger partial charge in [0.25, 0.3) is 11.7 Å². The number of hydrogen-bond donors (Lipinski definition) is 1. The number of pyridine rings is 1. The van der Waals surface area contributed by atoms with Gasteiger partial charge in [0.2, 0.25) is 0 Å². The Morgan fingerprint density at radius 1 is 1.11 bits per heavy atom. The number of unbranched alkanes of at least 4 members (excludes halogenated alkanes) is 2. The van der Waals surface area contributed by atoms with Gasteiger partial charge in [-0.15, -0.1) is 0 Å². The molecule has 5 rings (SSSR count). The first-order valence-electron chi connectivity index (χ1n) is 13.2. The van der Waals surface area contributed by atoms with E-state index in [-0.39, 0.29) is 24.0 Å². The molecule has 2 aliphatic heterocycles. The van der Waals surface area contributed by atoms with Gasteiger partial charge in [0, 0.05) is 30.9 Å². The van der Waals surface area contributed by atoms with Crippen LogP contribution in [0.2, 0.25) is 0 Å². The van der Waals surface area contributed by atoms with Crippen LogP contribution in [0.1, 0.15) is 61.4 Å². The Labute approximate surface area is 222 Å². The Balaban J connectivity index is 1.56. The smallest absolute Gasteiger partial charge is 0.295 e. The number of benzene rings is 2. The average Bonchev–Trinajstić information content (AvgIpc) is 3.42. The Bertz CT molecular complexity index is 1370. The van der Waals surface area contributed by atoms with Crippen molar-refractivity contribution in [1.82, 2.24) is 9.88 Å². The fourth-order valence-electron chi connectivity index (χ4n) is 5.12. The summed E-state index contributed by atoms with van der Waals surface area (Å²) in [7, 11) is 0. The summed E-state index contributed by atoms with van der Waals surface area (Å²) in [4.78, 5) is 32.4. The molecule has 1 amide bonds. The lowest BCUT2D eigenvalue weighted by Crippen LogP contribution is -2.29. The van der Waals surface area contributed by atoms with Gasteiger partial charge in [-0.3, -0.25) is 14.6 Å². The van der Waals surface area contributed by atoms with Gasteiger partial charge in [-0.2, -0.15) is 0 Å². The van der Waals surface area contributed by atoms with Crippen molar-refractivity contribution in [2.24, 2.45) is 0 Å². The predicted molar refractivity (Wildman–Crippen MR) is 144 cm³/mol. The number of Topliss-reactive ketones (excluding diaryl/α,β-unsaturated/α-hetero) is 1. The Kier molecular flexibility index (Phi) is 7.45. The molecule has 2 aliphatic rings. The number of aliphatic hydroxyl groups excluding tert-OH is 1. The van der Waals surface area contributed by atoms with Gasteiger partial charge in [0.15, 0.2) is 0 Å². The molecule has 0 saturated carbocycles. The molecule has 2 aromatic carbocycles. The lowest BCUT2D eigenvalue weighted by atomic mass is 9.94. The van der Waals surface area contributed by atoms with Crippen molar-refractivity contribution < 1.29 is 24.2 Å². The molecule has 1 saturated heterocycles. The Morgan fingerprint density at radius 2 is 1.92 bits per heavy atom. The third kappa shape index (κ3) is 5.14. The highest BCUT2D eigenvalue weighted by molar-refractivity contribution is 6.46. The molecule has 7 nitrogen and oxygen atoms in total. The second-order valence-electron chi connectivity index (χ2n) is 9.87. The van der Waals surface area contributed by atoms with Gasteiger partial charge in [-0.25, -0.2) is 0 Å². The van der Waals surface area contributed by atoms with Crippen molar-refractivity contribution in [3.8, 4) is 11.5 Å². The minimum absolute atomic E-state index is 0.0494. The maximum atomic E-state index is 13.4. The number of hydrogen-bond acceptors (Lipinski definition) is 6. The predicted octanol–water partition coefficient (Wildman–Crippen LogP) is 5.60. The van der Waals surface area contributed by atoms with Gasteiger partial charge in [0.1, 0.15) is 23.4 Å². The van der Waals surface area contributed by atoms with E-state index in [0.717, 1.165) is 36.1 Å². The molecular formula is C31H32N2O5. The van der Waals surface area contributed by atoms with Crippen LogP contribution in [0.5, 0.6) is 11.5 Å². The molecule has 38 heavy (non-hydrogen) atoms. The molecule has 1 N–H and O–H groups in total. The molecule has 0 spiro atoms. The first-order valence-corrected chi connectivity index (χ1v) is 13.2. The van der Waals surface area contributed by atoms with Crippen LogP contribution < -0.4 is 9.47 Å². The number of ketones is 1. The molecule has 0 radical (unpaired) electrons. The summed E-state index contributed by atoms with van der Waals surface area (Å²) in [5.74, 6) is -0.114. The molecular weight excluding hydrogens is 480 g/mol. The third-order valence-corrected chi connectivity index (χ3v) is 7.00. The normalized spacial score (nSPS) is 19.9. The SMILES string of the molecule is CCCCCOc1cccc([C@H]2C(=C(O)c3ccc4c(c3)C[C@@H](C)O4)C(=O)C(=O)N2Cc2ccncc2)c1. The zero-order valence-corrected chi connectivity index (χ0v) is 21.7. The van der Waals surface area contributed by atoms with Crippen LogP contribution in [0, 0.1) is 0 Å². The van der Waals surface area contributed by atoms with Crippen molar-refractivity contribution in [2.45, 2.75) is 58.2 Å². The quantitative estimate of drug-likeness (QED) is 0.174. The Morgan fingerprint density at radius 3 is 2.71 bits per heavy atom. The summed E-state index contributed by atoms with van der Waals surface area (Å²) in [6, 6.07) is 15.7. The van der Waals surface area contributed by atoms with Gasteiger partial charge >= 0.3 is 0 Å². The third-order valence-electron chi connectivity index (χ3n) is 7.00. The van der Waals surface area contributed by atoms with Crippen LogP contribution in [0.3, 0.4) is 0 Å². The van der Waals surface area contributed by atoms with Gasteiger partial charge in [-0.05, 0) is 72.5 Å². The summed E-state index contributed by atoms with van der Waals surface area (Å²) < 4.78 is 11.8. The Hall–Kier alpha value is -4.13. The van der Waals surface area contributed by atoms with Crippen molar-refractivity contribution >= 4 is 17.4 Å². The summed E-state index contributed by atoms with van der Waals surface area (Å²) in [6.45, 7) is 4.92. The molecule has 3 aromatic rings. The minimum Gasteiger partial charge on any atom is -0.507 e. The van der Waals surface area contributed by atoms with Crippen LogP contribution in [0.4, 0.5) is 0 Å². The number of ether oxygens (including phenoxy) is 2. The molecule has 196 valence electrons. The number of carbonyl (C=O) groups excluding carboxylic acids is 2. The van der Waals surface area contributed by atoms with E-state index in [1.807, 2.05) is 49.4 Å². The van der Waals surface area contributed by atoms with E-state index >= 15 is 0 Å². The monoisotopic (exact) mass is 512 g/mol. The molecule has 0 unspecified atom stereocenters. The van der Waals surface area contributed by atoms with E-state index in [1.54, 1.807) is 24.5 Å². The first kappa shape index (κ1) is 25.5. The highest BCUT2D eigenvalue weighted by atomic mass is 16.5. The minimum atomic E-state index is -0.772. The number of aliphatic hydroxyl groups is 1. The maximum Gasteiger partial charge on any atom is 0.295 e. The largest absolute Gasteiger partial charge is 0.507 e. The van der Waals surface area contributed by atoms with E-state index in [0.29, 0.717) is 29.9 Å². The highest BCUT2D eigenvalue weighted by Gasteiger charge is 2.46.